The van der Waals surface area contributed by atoms with Gasteiger partial charge < -0.3 is 27.0 Å². The summed E-state index contributed by atoms with van der Waals surface area (Å²) in [5, 5.41) is 19.4. The number of aliphatic hydroxyl groups excluding tert-OH is 2. The van der Waals surface area contributed by atoms with Gasteiger partial charge in [0.1, 0.15) is 0 Å². The van der Waals surface area contributed by atoms with E-state index in [1.54, 1.807) is 13.8 Å². The van der Waals surface area contributed by atoms with Crippen molar-refractivity contribution in [2.45, 2.75) is 19.4 Å². The fraction of sp³-hybridized carbons (Fsp3) is 1.00. The van der Waals surface area contributed by atoms with E-state index in [0.717, 1.165) is 6.54 Å². The summed E-state index contributed by atoms with van der Waals surface area (Å²) in [4.78, 5) is 0. The second kappa shape index (κ2) is 9.88. The molecule has 0 aliphatic heterocycles. The third-order valence-corrected chi connectivity index (χ3v) is 1.02. The first-order chi connectivity index (χ1) is 5.97. The van der Waals surface area contributed by atoms with E-state index in [9.17, 15) is 0 Å². The second-order valence-electron chi connectivity index (χ2n) is 3.41. The monoisotopic (exact) mass is 193 g/mol. The first kappa shape index (κ1) is 15.3. The maximum absolute atomic E-state index is 8.28. The molecule has 0 fully saturated rings. The molecule has 0 bridgehead atoms. The third-order valence-electron chi connectivity index (χ3n) is 1.02. The van der Waals surface area contributed by atoms with Gasteiger partial charge in [0.2, 0.25) is 0 Å². The Morgan fingerprint density at radius 1 is 1.23 bits per heavy atom. The number of rotatable bonds is 5. The Kier molecular flexibility index (Phi) is 11.6. The van der Waals surface area contributed by atoms with Crippen LogP contribution in [0.25, 0.3) is 0 Å². The van der Waals surface area contributed by atoms with E-state index in [-0.39, 0.29) is 13.2 Å². The van der Waals surface area contributed by atoms with Crippen LogP contribution in [0.2, 0.25) is 0 Å². The molecule has 0 amide bonds. The predicted molar refractivity (Wildman–Crippen MR) is 54.4 cm³/mol. The molecule has 5 heteroatoms. The fourth-order valence-electron chi connectivity index (χ4n) is 0.306. The topological polar surface area (TPSA) is 105 Å². The molecule has 5 nitrogen and oxygen atoms in total. The summed E-state index contributed by atoms with van der Waals surface area (Å²) in [5.74, 6) is 0. The zero-order valence-corrected chi connectivity index (χ0v) is 8.58. The molecule has 0 aromatic rings. The molecule has 0 heterocycles. The van der Waals surface area contributed by atoms with Crippen molar-refractivity contribution in [3.63, 3.8) is 0 Å². The molecule has 0 aliphatic rings. The van der Waals surface area contributed by atoms with Crippen LogP contribution in [-0.2, 0) is 0 Å². The Hall–Kier alpha value is -0.200. The molecule has 0 aromatic carbocycles. The fourth-order valence-corrected chi connectivity index (χ4v) is 0.306. The first-order valence-electron chi connectivity index (χ1n) is 4.39. The van der Waals surface area contributed by atoms with Crippen LogP contribution in [0.15, 0.2) is 0 Å². The van der Waals surface area contributed by atoms with E-state index in [1.807, 2.05) is 0 Å². The lowest BCUT2D eigenvalue weighted by atomic mass is 10.1. The number of hydrogen-bond donors (Lipinski definition) is 5. The highest BCUT2D eigenvalue weighted by Gasteiger charge is 2.05. The average molecular weight is 193 g/mol. The third kappa shape index (κ3) is 24.5. The van der Waals surface area contributed by atoms with Gasteiger partial charge in [-0.3, -0.25) is 0 Å². The van der Waals surface area contributed by atoms with E-state index >= 15 is 0 Å². The molecule has 13 heavy (non-hydrogen) atoms. The summed E-state index contributed by atoms with van der Waals surface area (Å²) < 4.78 is 0. The van der Waals surface area contributed by atoms with Crippen LogP contribution in [-0.4, -0.2) is 48.6 Å². The maximum atomic E-state index is 8.28. The van der Waals surface area contributed by atoms with Gasteiger partial charge in [-0.25, -0.2) is 0 Å². The van der Waals surface area contributed by atoms with Crippen molar-refractivity contribution in [2.24, 2.45) is 11.5 Å². The number of aliphatic hydroxyl groups is 2. The summed E-state index contributed by atoms with van der Waals surface area (Å²) in [6, 6.07) is 0. The molecular weight excluding hydrogens is 170 g/mol. The van der Waals surface area contributed by atoms with E-state index in [0.29, 0.717) is 13.1 Å². The lowest BCUT2D eigenvalue weighted by Gasteiger charge is -2.12. The molecule has 82 valence electrons. The van der Waals surface area contributed by atoms with Crippen LogP contribution in [0.5, 0.6) is 0 Å². The summed E-state index contributed by atoms with van der Waals surface area (Å²) in [7, 11) is 0. The zero-order chi connectivity index (χ0) is 10.7. The highest BCUT2D eigenvalue weighted by molar-refractivity contribution is 4.67. The first-order valence-corrected chi connectivity index (χ1v) is 4.39. The zero-order valence-electron chi connectivity index (χ0n) is 8.58. The van der Waals surface area contributed by atoms with Gasteiger partial charge in [0.25, 0.3) is 0 Å². The smallest absolute Gasteiger partial charge is 0.0605 e. The molecule has 0 aromatic heterocycles. The Morgan fingerprint density at radius 3 is 1.92 bits per heavy atom. The molecule has 0 saturated carbocycles. The lowest BCUT2D eigenvalue weighted by molar-refractivity contribution is 0.221. The molecule has 0 rings (SSSR count). The van der Waals surface area contributed by atoms with E-state index < -0.39 is 5.54 Å². The van der Waals surface area contributed by atoms with Crippen molar-refractivity contribution in [3.8, 4) is 0 Å². The van der Waals surface area contributed by atoms with Crippen LogP contribution in [0.1, 0.15) is 13.8 Å². The van der Waals surface area contributed by atoms with E-state index in [4.69, 9.17) is 21.7 Å². The molecule has 0 saturated heterocycles. The van der Waals surface area contributed by atoms with Crippen LogP contribution in [0.4, 0.5) is 0 Å². The van der Waals surface area contributed by atoms with Gasteiger partial charge in [-0.15, -0.1) is 0 Å². The largest absolute Gasteiger partial charge is 0.395 e. The van der Waals surface area contributed by atoms with Crippen molar-refractivity contribution >= 4 is 0 Å². The summed E-state index contributed by atoms with van der Waals surface area (Å²) in [5.41, 5.74) is 10.0. The average Bonchev–Trinajstić information content (AvgIpc) is 2.06. The molecule has 0 atom stereocenters. The van der Waals surface area contributed by atoms with Crippen molar-refractivity contribution in [3.05, 3.63) is 0 Å². The minimum absolute atomic E-state index is 0.0486. The normalized spacial score (nSPS) is 10.6. The molecule has 0 radical (unpaired) electrons. The van der Waals surface area contributed by atoms with Gasteiger partial charge in [-0.2, -0.15) is 0 Å². The molecule has 7 N–H and O–H groups in total. The van der Waals surface area contributed by atoms with Gasteiger partial charge in [-0.1, -0.05) is 0 Å². The van der Waals surface area contributed by atoms with Crippen molar-refractivity contribution < 1.29 is 10.2 Å². The maximum Gasteiger partial charge on any atom is 0.0605 e. The summed E-state index contributed by atoms with van der Waals surface area (Å²) in [6.07, 6.45) is 0. The van der Waals surface area contributed by atoms with Gasteiger partial charge >= 0.3 is 0 Å². The summed E-state index contributed by atoms with van der Waals surface area (Å²) >= 11 is 0. The van der Waals surface area contributed by atoms with E-state index in [1.165, 1.54) is 0 Å². The van der Waals surface area contributed by atoms with Crippen LogP contribution in [0, 0.1) is 0 Å². The highest BCUT2D eigenvalue weighted by atomic mass is 16.3. The number of nitrogens with two attached hydrogens (primary N) is 2. The quantitative estimate of drug-likeness (QED) is 0.333. The van der Waals surface area contributed by atoms with E-state index in [2.05, 4.69) is 5.32 Å². The Balaban J connectivity index is 0. The molecule has 0 aliphatic carbocycles. The molecule has 0 spiro atoms. The van der Waals surface area contributed by atoms with Crippen molar-refractivity contribution in [2.75, 3.05) is 32.8 Å². The Morgan fingerprint density at radius 2 is 1.69 bits per heavy atom. The van der Waals surface area contributed by atoms with Crippen molar-refractivity contribution in [1.29, 1.82) is 0 Å². The van der Waals surface area contributed by atoms with Crippen LogP contribution >= 0.6 is 0 Å². The highest BCUT2D eigenvalue weighted by Crippen LogP contribution is 1.89. The summed E-state index contributed by atoms with van der Waals surface area (Å²) in [6.45, 7) is 5.87. The Bertz CT molecular complexity index is 89.9. The Labute approximate surface area is 80.1 Å². The second-order valence-corrected chi connectivity index (χ2v) is 3.41. The predicted octanol–water partition coefficient (Wildman–Crippen LogP) is -1.76. The number of hydrogen-bond acceptors (Lipinski definition) is 5. The van der Waals surface area contributed by atoms with Crippen molar-refractivity contribution in [1.82, 2.24) is 5.32 Å². The molecular formula is C8H23N3O2. The van der Waals surface area contributed by atoms with Crippen LogP contribution in [0.3, 0.4) is 0 Å². The lowest BCUT2D eigenvalue weighted by Crippen LogP contribution is -2.35. The number of nitrogens with one attached hydrogen (secondary N) is 1. The minimum Gasteiger partial charge on any atom is -0.395 e. The SMILES string of the molecule is CC(C)(N)CO.NCCNCCO. The van der Waals surface area contributed by atoms with Gasteiger partial charge in [0.05, 0.1) is 13.2 Å². The van der Waals surface area contributed by atoms with Gasteiger partial charge in [0.15, 0.2) is 0 Å². The van der Waals surface area contributed by atoms with Crippen LogP contribution < -0.4 is 16.8 Å². The van der Waals surface area contributed by atoms with Gasteiger partial charge in [0, 0.05) is 25.2 Å². The minimum atomic E-state index is -0.403. The molecule has 0 unspecified atom stereocenters. The van der Waals surface area contributed by atoms with Gasteiger partial charge in [-0.05, 0) is 13.8 Å². The standard InChI is InChI=1S/C4H12N2O.C4H11NO/c5-1-2-6-3-4-7;1-4(2,5)3-6/h6-7H,1-5H2;6H,3,5H2,1-2H3.